The van der Waals surface area contributed by atoms with Crippen LogP contribution in [0.3, 0.4) is 0 Å². The summed E-state index contributed by atoms with van der Waals surface area (Å²) >= 11 is 0. The molecule has 0 N–H and O–H groups in total. The Morgan fingerprint density at radius 1 is 1.33 bits per heavy atom. The zero-order chi connectivity index (χ0) is 9.99. The fraction of sp³-hybridized carbons (Fsp3) is 0.889. The first-order chi connectivity index (χ1) is 5.20. The van der Waals surface area contributed by atoms with E-state index in [1.54, 1.807) is 6.92 Å². The number of carbonyl (C=O) groups excluding carboxylic acids is 1. The molecule has 72 valence electrons. The predicted octanol–water partition coefficient (Wildman–Crippen LogP) is 2.60. The molecule has 0 amide bonds. The second-order valence-electron chi connectivity index (χ2n) is 4.72. The smallest absolute Gasteiger partial charge is 0.193 e. The molecule has 12 heavy (non-hydrogen) atoms. The third-order valence-electron chi connectivity index (χ3n) is 2.48. The SMILES string of the molecule is CC(C=O)O[Si](C)(C)C(C)(C)C. The quantitative estimate of drug-likeness (QED) is 0.502. The Morgan fingerprint density at radius 2 is 1.75 bits per heavy atom. The number of aldehydes is 1. The molecule has 0 aliphatic heterocycles. The van der Waals surface area contributed by atoms with E-state index in [1.807, 2.05) is 0 Å². The van der Waals surface area contributed by atoms with Crippen LogP contribution in [0, 0.1) is 0 Å². The molecular formula is C9H20O2Si. The number of hydrogen-bond acceptors (Lipinski definition) is 2. The molecule has 0 saturated heterocycles. The minimum Gasteiger partial charge on any atom is -0.408 e. The van der Waals surface area contributed by atoms with E-state index in [0.29, 0.717) is 0 Å². The monoisotopic (exact) mass is 188 g/mol. The summed E-state index contributed by atoms with van der Waals surface area (Å²) < 4.78 is 5.72. The minimum absolute atomic E-state index is 0.185. The highest BCUT2D eigenvalue weighted by molar-refractivity contribution is 6.74. The van der Waals surface area contributed by atoms with Crippen LogP contribution in [0.5, 0.6) is 0 Å². The molecule has 0 rings (SSSR count). The fourth-order valence-electron chi connectivity index (χ4n) is 0.669. The zero-order valence-electron chi connectivity index (χ0n) is 8.97. The third-order valence-corrected chi connectivity index (χ3v) is 7.05. The predicted molar refractivity (Wildman–Crippen MR) is 53.8 cm³/mol. The highest BCUT2D eigenvalue weighted by atomic mass is 28.4. The van der Waals surface area contributed by atoms with E-state index in [1.165, 1.54) is 0 Å². The van der Waals surface area contributed by atoms with E-state index < -0.39 is 8.32 Å². The Bertz CT molecular complexity index is 158. The van der Waals surface area contributed by atoms with Crippen molar-refractivity contribution in [1.82, 2.24) is 0 Å². The van der Waals surface area contributed by atoms with Gasteiger partial charge in [0.05, 0.1) is 6.10 Å². The van der Waals surface area contributed by atoms with E-state index in [0.717, 1.165) is 6.29 Å². The Hall–Kier alpha value is -0.153. The van der Waals surface area contributed by atoms with Crippen molar-refractivity contribution in [3.63, 3.8) is 0 Å². The van der Waals surface area contributed by atoms with Crippen LogP contribution in [0.2, 0.25) is 18.1 Å². The van der Waals surface area contributed by atoms with Gasteiger partial charge in [-0.3, -0.25) is 0 Å². The van der Waals surface area contributed by atoms with Crippen LogP contribution in [0.4, 0.5) is 0 Å². The van der Waals surface area contributed by atoms with Gasteiger partial charge in [-0.15, -0.1) is 0 Å². The maximum absolute atomic E-state index is 10.4. The lowest BCUT2D eigenvalue weighted by Crippen LogP contribution is -2.43. The van der Waals surface area contributed by atoms with E-state index >= 15 is 0 Å². The lowest BCUT2D eigenvalue weighted by Gasteiger charge is -2.37. The van der Waals surface area contributed by atoms with Crippen molar-refractivity contribution >= 4 is 14.6 Å². The molecule has 0 saturated carbocycles. The maximum atomic E-state index is 10.4. The molecule has 0 heterocycles. The highest BCUT2D eigenvalue weighted by Gasteiger charge is 2.38. The summed E-state index contributed by atoms with van der Waals surface area (Å²) in [6.07, 6.45) is 0.603. The van der Waals surface area contributed by atoms with Crippen molar-refractivity contribution in [3.05, 3.63) is 0 Å². The fourth-order valence-corrected chi connectivity index (χ4v) is 2.01. The first kappa shape index (κ1) is 11.8. The molecule has 0 aromatic rings. The molecule has 1 unspecified atom stereocenters. The average Bonchev–Trinajstić information content (AvgIpc) is 1.84. The maximum Gasteiger partial charge on any atom is 0.193 e. The van der Waals surface area contributed by atoms with Gasteiger partial charge < -0.3 is 9.22 Å². The van der Waals surface area contributed by atoms with Crippen LogP contribution < -0.4 is 0 Å². The van der Waals surface area contributed by atoms with Gasteiger partial charge >= 0.3 is 0 Å². The van der Waals surface area contributed by atoms with Crippen molar-refractivity contribution in [1.29, 1.82) is 0 Å². The highest BCUT2D eigenvalue weighted by Crippen LogP contribution is 2.36. The molecule has 0 fully saturated rings. The topological polar surface area (TPSA) is 26.3 Å². The first-order valence-electron chi connectivity index (χ1n) is 4.34. The second-order valence-corrected chi connectivity index (χ2v) is 9.48. The summed E-state index contributed by atoms with van der Waals surface area (Å²) in [5.41, 5.74) is 0. The molecule has 0 aliphatic rings. The molecule has 0 aromatic heterocycles. The third kappa shape index (κ3) is 3.07. The Labute approximate surface area is 76.4 Å². The van der Waals surface area contributed by atoms with Gasteiger partial charge in [0.1, 0.15) is 6.29 Å². The molecule has 1 atom stereocenters. The van der Waals surface area contributed by atoms with Crippen LogP contribution in [0.25, 0.3) is 0 Å². The second kappa shape index (κ2) is 3.71. The van der Waals surface area contributed by atoms with E-state index in [-0.39, 0.29) is 11.1 Å². The van der Waals surface area contributed by atoms with Crippen LogP contribution in [0.15, 0.2) is 0 Å². The van der Waals surface area contributed by atoms with E-state index in [9.17, 15) is 4.79 Å². The minimum atomic E-state index is -1.72. The Balaban J connectivity index is 4.32. The summed E-state index contributed by atoms with van der Waals surface area (Å²) in [4.78, 5) is 10.4. The summed E-state index contributed by atoms with van der Waals surface area (Å²) in [5.74, 6) is 0. The average molecular weight is 188 g/mol. The Morgan fingerprint density at radius 3 is 2.00 bits per heavy atom. The molecule has 0 spiro atoms. The summed E-state index contributed by atoms with van der Waals surface area (Å²) in [7, 11) is -1.72. The van der Waals surface area contributed by atoms with Crippen molar-refractivity contribution in [2.45, 2.75) is 51.9 Å². The van der Waals surface area contributed by atoms with Gasteiger partial charge in [-0.25, -0.2) is 0 Å². The molecule has 3 heteroatoms. The molecule has 2 nitrogen and oxygen atoms in total. The van der Waals surface area contributed by atoms with Gasteiger partial charge in [0.15, 0.2) is 8.32 Å². The van der Waals surface area contributed by atoms with Crippen molar-refractivity contribution in [2.24, 2.45) is 0 Å². The molecule has 0 aromatic carbocycles. The van der Waals surface area contributed by atoms with Gasteiger partial charge in [-0.05, 0) is 25.1 Å². The van der Waals surface area contributed by atoms with Crippen molar-refractivity contribution in [2.75, 3.05) is 0 Å². The lowest BCUT2D eigenvalue weighted by atomic mass is 10.2. The van der Waals surface area contributed by atoms with Crippen LogP contribution in [-0.2, 0) is 9.22 Å². The van der Waals surface area contributed by atoms with Gasteiger partial charge in [0.2, 0.25) is 0 Å². The van der Waals surface area contributed by atoms with Gasteiger partial charge in [-0.1, -0.05) is 20.8 Å². The summed E-state index contributed by atoms with van der Waals surface area (Å²) in [6, 6.07) is 0. The lowest BCUT2D eigenvalue weighted by molar-refractivity contribution is -0.113. The van der Waals surface area contributed by atoms with Crippen LogP contribution in [-0.4, -0.2) is 20.7 Å². The summed E-state index contributed by atoms with van der Waals surface area (Å²) in [6.45, 7) is 12.6. The normalized spacial score (nSPS) is 15.8. The Kier molecular flexibility index (Phi) is 3.66. The van der Waals surface area contributed by atoms with Gasteiger partial charge in [0.25, 0.3) is 0 Å². The number of carbonyl (C=O) groups is 1. The van der Waals surface area contributed by atoms with Crippen molar-refractivity contribution < 1.29 is 9.22 Å². The largest absolute Gasteiger partial charge is 0.408 e. The summed E-state index contributed by atoms with van der Waals surface area (Å²) in [5, 5.41) is 0.185. The van der Waals surface area contributed by atoms with E-state index in [2.05, 4.69) is 33.9 Å². The number of rotatable bonds is 3. The van der Waals surface area contributed by atoms with Crippen molar-refractivity contribution in [3.8, 4) is 0 Å². The molecular weight excluding hydrogens is 168 g/mol. The van der Waals surface area contributed by atoms with E-state index in [4.69, 9.17) is 4.43 Å². The van der Waals surface area contributed by atoms with Gasteiger partial charge in [-0.2, -0.15) is 0 Å². The standard InChI is InChI=1S/C9H20O2Si/c1-8(7-10)11-12(5,6)9(2,3)4/h7-8H,1-6H3. The molecule has 0 aliphatic carbocycles. The molecule has 0 radical (unpaired) electrons. The van der Waals surface area contributed by atoms with Gasteiger partial charge in [0, 0.05) is 0 Å². The zero-order valence-corrected chi connectivity index (χ0v) is 9.97. The van der Waals surface area contributed by atoms with Crippen LogP contribution >= 0.6 is 0 Å². The number of hydrogen-bond donors (Lipinski definition) is 0. The van der Waals surface area contributed by atoms with Crippen LogP contribution in [0.1, 0.15) is 27.7 Å². The first-order valence-corrected chi connectivity index (χ1v) is 7.24. The molecule has 0 bridgehead atoms.